The molecule has 1 N–H and O–H groups in total. The van der Waals surface area contributed by atoms with Crippen LogP contribution in [0, 0.1) is 24.2 Å². The van der Waals surface area contributed by atoms with Gasteiger partial charge >= 0.3 is 0 Å². The van der Waals surface area contributed by atoms with Gasteiger partial charge in [0, 0.05) is 6.54 Å². The average molecular weight is 230 g/mol. The maximum absolute atomic E-state index is 8.79. The Kier molecular flexibility index (Phi) is 5.72. The summed E-state index contributed by atoms with van der Waals surface area (Å²) in [5.41, 5.74) is 3.22. The molecule has 0 spiro atoms. The Morgan fingerprint density at radius 2 is 2.12 bits per heavy atom. The van der Waals surface area contributed by atoms with Gasteiger partial charge in [-0.05, 0) is 55.5 Å². The first-order chi connectivity index (χ1) is 8.13. The van der Waals surface area contributed by atoms with Crippen molar-refractivity contribution >= 4 is 0 Å². The van der Waals surface area contributed by atoms with Gasteiger partial charge in [0.2, 0.25) is 0 Å². The Bertz CT molecular complexity index is 388. The van der Waals surface area contributed by atoms with E-state index >= 15 is 0 Å². The first kappa shape index (κ1) is 13.7. The molecule has 0 radical (unpaired) electrons. The van der Waals surface area contributed by atoms with Gasteiger partial charge in [-0.1, -0.05) is 19.9 Å². The van der Waals surface area contributed by atoms with Crippen molar-refractivity contribution in [3.8, 4) is 6.07 Å². The van der Waals surface area contributed by atoms with E-state index in [1.807, 2.05) is 18.2 Å². The Morgan fingerprint density at radius 3 is 2.71 bits per heavy atom. The van der Waals surface area contributed by atoms with Crippen LogP contribution in [0.1, 0.15) is 43.4 Å². The van der Waals surface area contributed by atoms with Crippen LogP contribution in [0.15, 0.2) is 18.2 Å². The van der Waals surface area contributed by atoms with Crippen LogP contribution >= 0.6 is 0 Å². The largest absolute Gasteiger partial charge is 0.313 e. The molecule has 0 aromatic heterocycles. The topological polar surface area (TPSA) is 35.8 Å². The van der Waals surface area contributed by atoms with Gasteiger partial charge in [-0.2, -0.15) is 5.26 Å². The molecule has 0 saturated heterocycles. The molecule has 0 aliphatic heterocycles. The van der Waals surface area contributed by atoms with E-state index in [0.29, 0.717) is 0 Å². The summed E-state index contributed by atoms with van der Waals surface area (Å²) >= 11 is 0. The van der Waals surface area contributed by atoms with Crippen molar-refractivity contribution in [2.45, 2.75) is 40.2 Å². The van der Waals surface area contributed by atoms with E-state index in [2.05, 4.69) is 32.2 Å². The van der Waals surface area contributed by atoms with Crippen LogP contribution in [0.5, 0.6) is 0 Å². The summed E-state index contributed by atoms with van der Waals surface area (Å²) in [5.74, 6) is 0.786. The van der Waals surface area contributed by atoms with E-state index in [4.69, 9.17) is 5.26 Å². The first-order valence-electron chi connectivity index (χ1n) is 6.34. The van der Waals surface area contributed by atoms with Crippen molar-refractivity contribution in [2.75, 3.05) is 6.54 Å². The summed E-state index contributed by atoms with van der Waals surface area (Å²) < 4.78 is 0. The minimum absolute atomic E-state index is 0.742. The average Bonchev–Trinajstić information content (AvgIpc) is 2.30. The Labute approximate surface area is 105 Å². The maximum atomic E-state index is 8.79. The fraction of sp³-hybridized carbons (Fsp3) is 0.533. The molecule has 0 fully saturated rings. The third-order valence-corrected chi connectivity index (χ3v) is 2.92. The second kappa shape index (κ2) is 7.09. The van der Waals surface area contributed by atoms with Gasteiger partial charge in [-0.3, -0.25) is 0 Å². The molecule has 0 aliphatic rings. The molecule has 0 heterocycles. The number of rotatable bonds is 6. The highest BCUT2D eigenvalue weighted by Crippen LogP contribution is 2.10. The molecule has 1 aromatic carbocycles. The lowest BCUT2D eigenvalue weighted by Crippen LogP contribution is -2.15. The fourth-order valence-corrected chi connectivity index (χ4v) is 1.82. The Morgan fingerprint density at radius 1 is 1.35 bits per heavy atom. The molecule has 0 unspecified atom stereocenters. The first-order valence-corrected chi connectivity index (χ1v) is 6.34. The van der Waals surface area contributed by atoms with Crippen LogP contribution in [0.25, 0.3) is 0 Å². The number of nitriles is 1. The van der Waals surface area contributed by atoms with Crippen LogP contribution in [0.3, 0.4) is 0 Å². The summed E-state index contributed by atoms with van der Waals surface area (Å²) in [4.78, 5) is 0. The molecule has 2 nitrogen and oxygen atoms in total. The lowest BCUT2D eigenvalue weighted by atomic mass is 10.1. The van der Waals surface area contributed by atoms with E-state index in [0.717, 1.165) is 24.6 Å². The van der Waals surface area contributed by atoms with E-state index in [1.165, 1.54) is 24.0 Å². The highest BCUT2D eigenvalue weighted by molar-refractivity contribution is 5.37. The molecule has 0 amide bonds. The zero-order valence-electron chi connectivity index (χ0n) is 11.1. The minimum atomic E-state index is 0.742. The fourth-order valence-electron chi connectivity index (χ4n) is 1.82. The SMILES string of the molecule is Cc1cc(C#N)ccc1CNCCCC(C)C. The molecule has 0 bridgehead atoms. The highest BCUT2D eigenvalue weighted by atomic mass is 14.8. The normalized spacial score (nSPS) is 10.5. The van der Waals surface area contributed by atoms with Crippen molar-refractivity contribution in [1.29, 1.82) is 5.26 Å². The molecule has 1 aromatic rings. The van der Waals surface area contributed by atoms with Crippen molar-refractivity contribution in [3.63, 3.8) is 0 Å². The molecule has 92 valence electrons. The number of nitrogens with one attached hydrogen (secondary N) is 1. The number of hydrogen-bond donors (Lipinski definition) is 1. The number of aryl methyl sites for hydroxylation is 1. The monoisotopic (exact) mass is 230 g/mol. The number of benzene rings is 1. The third kappa shape index (κ3) is 5.01. The molecule has 1 rings (SSSR count). The lowest BCUT2D eigenvalue weighted by molar-refractivity contribution is 0.527. The lowest BCUT2D eigenvalue weighted by Gasteiger charge is -2.09. The quantitative estimate of drug-likeness (QED) is 0.760. The van der Waals surface area contributed by atoms with Crippen molar-refractivity contribution < 1.29 is 0 Å². The molecular weight excluding hydrogens is 208 g/mol. The van der Waals surface area contributed by atoms with Gasteiger partial charge in [0.05, 0.1) is 11.6 Å². The third-order valence-electron chi connectivity index (χ3n) is 2.92. The van der Waals surface area contributed by atoms with Gasteiger partial charge < -0.3 is 5.32 Å². The van der Waals surface area contributed by atoms with Crippen LogP contribution in [-0.2, 0) is 6.54 Å². The van der Waals surface area contributed by atoms with Crippen molar-refractivity contribution in [2.24, 2.45) is 5.92 Å². The minimum Gasteiger partial charge on any atom is -0.313 e. The van der Waals surface area contributed by atoms with Crippen LogP contribution in [0.2, 0.25) is 0 Å². The Hall–Kier alpha value is -1.33. The Balaban J connectivity index is 2.35. The second-order valence-corrected chi connectivity index (χ2v) is 4.97. The maximum Gasteiger partial charge on any atom is 0.0991 e. The smallest absolute Gasteiger partial charge is 0.0991 e. The second-order valence-electron chi connectivity index (χ2n) is 4.97. The highest BCUT2D eigenvalue weighted by Gasteiger charge is 2.00. The van der Waals surface area contributed by atoms with Gasteiger partial charge in [0.1, 0.15) is 0 Å². The summed E-state index contributed by atoms with van der Waals surface area (Å²) in [6.45, 7) is 8.54. The summed E-state index contributed by atoms with van der Waals surface area (Å²) in [7, 11) is 0. The standard InChI is InChI=1S/C15H22N2/c1-12(2)5-4-8-17-11-15-7-6-14(10-16)9-13(15)3/h6-7,9,12,17H,4-5,8,11H2,1-3H3. The van der Waals surface area contributed by atoms with Gasteiger partial charge in [-0.25, -0.2) is 0 Å². The predicted octanol–water partition coefficient (Wildman–Crippen LogP) is 3.39. The van der Waals surface area contributed by atoms with Crippen LogP contribution in [-0.4, -0.2) is 6.54 Å². The number of hydrogen-bond acceptors (Lipinski definition) is 2. The zero-order chi connectivity index (χ0) is 12.7. The molecule has 17 heavy (non-hydrogen) atoms. The van der Waals surface area contributed by atoms with Crippen LogP contribution < -0.4 is 5.32 Å². The zero-order valence-corrected chi connectivity index (χ0v) is 11.1. The summed E-state index contributed by atoms with van der Waals surface area (Å²) in [6.07, 6.45) is 2.51. The van der Waals surface area contributed by atoms with Gasteiger partial charge in [0.25, 0.3) is 0 Å². The van der Waals surface area contributed by atoms with Crippen LogP contribution in [0.4, 0.5) is 0 Å². The summed E-state index contributed by atoms with van der Waals surface area (Å²) in [6, 6.07) is 8.04. The van der Waals surface area contributed by atoms with Gasteiger partial charge in [-0.15, -0.1) is 0 Å². The van der Waals surface area contributed by atoms with Gasteiger partial charge in [0.15, 0.2) is 0 Å². The molecule has 0 saturated carbocycles. The van der Waals surface area contributed by atoms with E-state index in [9.17, 15) is 0 Å². The summed E-state index contributed by atoms with van der Waals surface area (Å²) in [5, 5.41) is 12.2. The predicted molar refractivity (Wildman–Crippen MR) is 71.7 cm³/mol. The molecule has 0 atom stereocenters. The van der Waals surface area contributed by atoms with E-state index in [-0.39, 0.29) is 0 Å². The molecule has 0 aliphatic carbocycles. The van der Waals surface area contributed by atoms with E-state index < -0.39 is 0 Å². The molecular formula is C15H22N2. The van der Waals surface area contributed by atoms with Crippen molar-refractivity contribution in [3.05, 3.63) is 34.9 Å². The van der Waals surface area contributed by atoms with Crippen molar-refractivity contribution in [1.82, 2.24) is 5.32 Å². The number of nitrogens with zero attached hydrogens (tertiary/aromatic N) is 1. The molecule has 2 heteroatoms. The van der Waals surface area contributed by atoms with E-state index in [1.54, 1.807) is 0 Å².